The van der Waals surface area contributed by atoms with Crippen LogP contribution in [-0.2, 0) is 72.9 Å². The van der Waals surface area contributed by atoms with Crippen molar-refractivity contribution >= 4 is 28.0 Å². The van der Waals surface area contributed by atoms with E-state index in [2.05, 4.69) is 5.32 Å². The van der Waals surface area contributed by atoms with Crippen LogP contribution >= 0.6 is 0 Å². The first-order valence-corrected chi connectivity index (χ1v) is 23.3. The molecule has 4 aliphatic heterocycles. The summed E-state index contributed by atoms with van der Waals surface area (Å²) in [5.74, 6) is -2.69. The van der Waals surface area contributed by atoms with Gasteiger partial charge in [0.05, 0.1) is 11.0 Å². The summed E-state index contributed by atoms with van der Waals surface area (Å²) in [5, 5.41) is 12.6. The number of benzene rings is 3. The van der Waals surface area contributed by atoms with Crippen molar-refractivity contribution < 1.29 is 86.5 Å². The van der Waals surface area contributed by atoms with Crippen LogP contribution in [0.2, 0.25) is 0 Å². The fraction of sp³-hybridized carbons (Fsp3) is 0.543. The minimum atomic E-state index is -4.82. The van der Waals surface area contributed by atoms with E-state index in [1.807, 2.05) is 45.9 Å². The summed E-state index contributed by atoms with van der Waals surface area (Å²) in [6.45, 7) is 10.3. The molecule has 13 nitrogen and oxygen atoms in total. The molecule has 3 amide bonds. The second-order valence-electron chi connectivity index (χ2n) is 17.6. The number of alkyl halides is 6. The summed E-state index contributed by atoms with van der Waals surface area (Å²) in [7, 11) is -3.78. The maximum Gasteiger partial charge on any atom is 0.471 e. The molecule has 7 rings (SSSR count). The fourth-order valence-corrected chi connectivity index (χ4v) is 8.89. The van der Waals surface area contributed by atoms with Crippen LogP contribution in [0.25, 0.3) is 0 Å². The number of rotatable bonds is 5. The number of nitrogens with zero attached hydrogens (tertiary/aromatic N) is 3. The monoisotopic (exact) mass is 1010 g/mol. The van der Waals surface area contributed by atoms with E-state index in [0.29, 0.717) is 51.6 Å². The summed E-state index contributed by atoms with van der Waals surface area (Å²) in [4.78, 5) is 38.0. The first kappa shape index (κ1) is 55.1. The number of carbonyl (C=O) groups is 3. The van der Waals surface area contributed by atoms with Crippen molar-refractivity contribution in [1.29, 1.82) is 0 Å². The summed E-state index contributed by atoms with van der Waals surface area (Å²) >= 11 is 0. The van der Waals surface area contributed by atoms with E-state index >= 15 is 0 Å². The van der Waals surface area contributed by atoms with E-state index in [1.54, 1.807) is 35.2 Å². The van der Waals surface area contributed by atoms with Gasteiger partial charge < -0.3 is 34.6 Å². The van der Waals surface area contributed by atoms with Gasteiger partial charge in [0.15, 0.2) is 0 Å². The minimum Gasteiger partial charge on any atom is -0.508 e. The molecule has 369 valence electrons. The molecule has 0 spiro atoms. The first-order chi connectivity index (χ1) is 30.9. The van der Waals surface area contributed by atoms with Crippen molar-refractivity contribution in [1.82, 2.24) is 20.0 Å². The smallest absolute Gasteiger partial charge is 0.471 e. The van der Waals surface area contributed by atoms with Gasteiger partial charge in [0.25, 0.3) is 10.1 Å². The van der Waals surface area contributed by atoms with Crippen LogP contribution < -0.4 is 10.1 Å². The number of piperidine rings is 2. The zero-order valence-electron chi connectivity index (χ0n) is 37.9. The second-order valence-corrected chi connectivity index (χ2v) is 19.1. The van der Waals surface area contributed by atoms with Crippen LogP contribution in [0.4, 0.5) is 31.1 Å². The maximum atomic E-state index is 12.6. The maximum absolute atomic E-state index is 12.6. The Hall–Kier alpha value is -4.50. The zero-order valence-corrected chi connectivity index (χ0v) is 40.1. The third kappa shape index (κ3) is 16.9. The SMILES string of the molecule is Cc1ccc(S(=O)(=O)OC2CCN(C(=O)OC(C)(C)C)CC2)cc1.O=C(N1CCc2ccc(O)cc2CC1)C(F)(F)F.O=C(N1CCc2ccc(OC3CCNCC3)cc2CC1)C(F)(F)F.[V]. The van der Waals surface area contributed by atoms with Crippen molar-refractivity contribution in [2.75, 3.05) is 52.4 Å². The largest absolute Gasteiger partial charge is 0.508 e. The Morgan fingerprint density at radius 1 is 0.642 bits per heavy atom. The van der Waals surface area contributed by atoms with Crippen molar-refractivity contribution in [3.63, 3.8) is 0 Å². The molecule has 2 N–H and O–H groups in total. The Morgan fingerprint density at radius 3 is 1.61 bits per heavy atom. The Balaban J connectivity index is 0.000000220. The molecule has 21 heteroatoms. The van der Waals surface area contributed by atoms with Crippen molar-refractivity contribution in [2.24, 2.45) is 0 Å². The van der Waals surface area contributed by atoms with Crippen LogP contribution in [0, 0.1) is 6.92 Å². The Labute approximate surface area is 399 Å². The van der Waals surface area contributed by atoms with E-state index in [1.165, 1.54) is 12.1 Å². The molecule has 4 heterocycles. The number of hydrogen-bond donors (Lipinski definition) is 2. The average Bonchev–Trinajstić information content (AvgIpc) is 3.59. The number of nitrogens with one attached hydrogen (secondary N) is 1. The summed E-state index contributed by atoms with van der Waals surface area (Å²) in [5.41, 5.74) is 4.08. The molecule has 3 aromatic carbocycles. The van der Waals surface area contributed by atoms with E-state index in [-0.39, 0.29) is 67.6 Å². The van der Waals surface area contributed by atoms with E-state index in [4.69, 9.17) is 13.7 Å². The number of likely N-dealkylation sites (tertiary alicyclic amines) is 1. The van der Waals surface area contributed by atoms with Crippen LogP contribution in [0.1, 0.15) is 74.3 Å². The van der Waals surface area contributed by atoms with Crippen LogP contribution in [-0.4, -0.2) is 129 Å². The molecule has 0 unspecified atom stereocenters. The molecule has 4 aliphatic rings. The van der Waals surface area contributed by atoms with Gasteiger partial charge in [-0.05, 0) is 151 Å². The molecular weight excluding hydrogens is 950 g/mol. The van der Waals surface area contributed by atoms with Gasteiger partial charge in [0.1, 0.15) is 23.2 Å². The quantitative estimate of drug-likeness (QED) is 0.197. The van der Waals surface area contributed by atoms with Gasteiger partial charge in [-0.15, -0.1) is 0 Å². The summed E-state index contributed by atoms with van der Waals surface area (Å²) in [6.07, 6.45) is -5.87. The third-order valence-corrected chi connectivity index (χ3v) is 12.7. The standard InChI is InChI=1S/C17H21F3N2O2.C17H25NO5S.C12H12F3NO2.V/c18-17(19,20)16(23)22-9-5-12-1-2-15(11-13(12)6-10-22)24-14-3-7-21-8-4-14;1-13-5-7-15(8-6-13)24(20,21)23-14-9-11-18(12-10-14)16(19)22-17(2,3)4;13-12(14,15)11(18)16-5-3-8-1-2-10(17)7-9(8)4-6-16;/h1-2,11,14,21H,3-10H2;5-8,14H,9-12H2,1-4H3;1-2,7,17H,3-6H2;. The molecule has 67 heavy (non-hydrogen) atoms. The molecule has 3 aromatic rings. The van der Waals surface area contributed by atoms with Gasteiger partial charge in [0.2, 0.25) is 0 Å². The number of phenolic OH excluding ortho intramolecular Hbond substituents is 1. The zero-order chi connectivity index (χ0) is 48.5. The number of amides is 3. The third-order valence-electron chi connectivity index (χ3n) is 11.3. The minimum absolute atomic E-state index is 0. The molecular formula is C46H58F6N4O9SV. The topological polar surface area (TPSA) is 155 Å². The molecule has 0 saturated carbocycles. The van der Waals surface area contributed by atoms with Gasteiger partial charge in [-0.2, -0.15) is 34.8 Å². The number of hydrogen-bond acceptors (Lipinski definition) is 10. The van der Waals surface area contributed by atoms with Crippen molar-refractivity contribution in [3.8, 4) is 11.5 Å². The molecule has 0 atom stereocenters. The average molecular weight is 1010 g/mol. The van der Waals surface area contributed by atoms with Crippen LogP contribution in [0.3, 0.4) is 0 Å². The summed E-state index contributed by atoms with van der Waals surface area (Å²) < 4.78 is 116. The van der Waals surface area contributed by atoms with Gasteiger partial charge >= 0.3 is 30.3 Å². The number of halogens is 6. The summed E-state index contributed by atoms with van der Waals surface area (Å²) in [6, 6.07) is 17.0. The second kappa shape index (κ2) is 23.7. The number of phenols is 1. The van der Waals surface area contributed by atoms with Crippen molar-refractivity contribution in [3.05, 3.63) is 88.5 Å². The number of aryl methyl sites for hydroxylation is 1. The Bertz CT molecular complexity index is 2250. The van der Waals surface area contributed by atoms with E-state index in [0.717, 1.165) is 69.3 Å². The predicted molar refractivity (Wildman–Crippen MR) is 231 cm³/mol. The molecule has 0 aromatic heterocycles. The molecule has 2 fully saturated rings. The van der Waals surface area contributed by atoms with Crippen LogP contribution in [0.15, 0.2) is 65.6 Å². The predicted octanol–water partition coefficient (Wildman–Crippen LogP) is 7.29. The molecule has 0 bridgehead atoms. The van der Waals surface area contributed by atoms with E-state index in [9.17, 15) is 54.3 Å². The number of carbonyl (C=O) groups excluding carboxylic acids is 3. The normalized spacial score (nSPS) is 17.4. The van der Waals surface area contributed by atoms with E-state index < -0.39 is 46.0 Å². The van der Waals surface area contributed by atoms with Gasteiger partial charge in [0, 0.05) is 57.8 Å². The Kier molecular flexibility index (Phi) is 19.5. The first-order valence-electron chi connectivity index (χ1n) is 21.9. The number of fused-ring (bicyclic) bond motifs is 2. The number of ether oxygens (including phenoxy) is 2. The molecule has 2 saturated heterocycles. The van der Waals surface area contributed by atoms with Gasteiger partial charge in [-0.3, -0.25) is 13.8 Å². The van der Waals surface area contributed by atoms with Crippen LogP contribution in [0.5, 0.6) is 11.5 Å². The molecule has 0 aliphatic carbocycles. The van der Waals surface area contributed by atoms with Gasteiger partial charge in [-0.25, -0.2) is 4.79 Å². The van der Waals surface area contributed by atoms with Gasteiger partial charge in [-0.1, -0.05) is 29.8 Å². The molecule has 1 radical (unpaired) electrons. The fourth-order valence-electron chi connectivity index (χ4n) is 7.76. The Morgan fingerprint density at radius 2 is 1.12 bits per heavy atom. The van der Waals surface area contributed by atoms with Crippen molar-refractivity contribution in [2.45, 2.75) is 114 Å². The number of aromatic hydroxyl groups is 1.